The van der Waals surface area contributed by atoms with Crippen LogP contribution >= 0.6 is 0 Å². The maximum absolute atomic E-state index is 15.3. The molecule has 4 rings (SSSR count). The Morgan fingerprint density at radius 1 is 0.676 bits per heavy atom. The van der Waals surface area contributed by atoms with Crippen molar-refractivity contribution in [2.45, 2.75) is 64.9 Å². The van der Waals surface area contributed by atoms with Crippen LogP contribution in [0.25, 0.3) is 21.9 Å². The lowest BCUT2D eigenvalue weighted by atomic mass is 9.96. The molecule has 194 valence electrons. The van der Waals surface area contributed by atoms with Gasteiger partial charge in [0.05, 0.1) is 0 Å². The van der Waals surface area contributed by atoms with Crippen LogP contribution in [0.1, 0.15) is 55.7 Å². The molecule has 0 heterocycles. The number of aryl methyl sites for hydroxylation is 3. The van der Waals surface area contributed by atoms with Gasteiger partial charge < -0.3 is 4.74 Å². The fourth-order valence-corrected chi connectivity index (χ4v) is 4.67. The molecular weight excluding hydrogens is 476 g/mol. The predicted octanol–water partition coefficient (Wildman–Crippen LogP) is 9.68. The van der Waals surface area contributed by atoms with E-state index in [0.717, 1.165) is 42.3 Å². The number of hydrogen-bond acceptors (Lipinski definition) is 1. The highest BCUT2D eigenvalue weighted by atomic mass is 19.3. The first kappa shape index (κ1) is 26.7. The van der Waals surface area contributed by atoms with Crippen LogP contribution in [-0.2, 0) is 19.3 Å². The molecule has 0 amide bonds. The summed E-state index contributed by atoms with van der Waals surface area (Å²) >= 11 is 0. The number of rotatable bonds is 12. The third kappa shape index (κ3) is 7.12. The third-order valence-corrected chi connectivity index (χ3v) is 6.77. The molecule has 1 nitrogen and oxygen atoms in total. The molecule has 0 aliphatic rings. The van der Waals surface area contributed by atoms with E-state index in [2.05, 4.69) is 35.9 Å². The first-order valence-corrected chi connectivity index (χ1v) is 13.0. The van der Waals surface area contributed by atoms with Gasteiger partial charge in [-0.1, -0.05) is 93.3 Å². The summed E-state index contributed by atoms with van der Waals surface area (Å²) in [5, 5.41) is 1.19. The van der Waals surface area contributed by atoms with Crippen molar-refractivity contribution in [2.24, 2.45) is 0 Å². The van der Waals surface area contributed by atoms with E-state index in [4.69, 9.17) is 0 Å². The molecule has 0 fully saturated rings. The van der Waals surface area contributed by atoms with Gasteiger partial charge in [-0.25, -0.2) is 8.78 Å². The van der Waals surface area contributed by atoms with Crippen molar-refractivity contribution >= 4 is 10.8 Å². The maximum atomic E-state index is 15.3. The molecule has 0 N–H and O–H groups in total. The van der Waals surface area contributed by atoms with Gasteiger partial charge in [0.2, 0.25) is 0 Å². The molecule has 0 aromatic heterocycles. The Morgan fingerprint density at radius 3 is 2.05 bits per heavy atom. The minimum absolute atomic E-state index is 0.202. The van der Waals surface area contributed by atoms with Crippen molar-refractivity contribution in [3.8, 4) is 16.9 Å². The zero-order chi connectivity index (χ0) is 26.2. The van der Waals surface area contributed by atoms with Gasteiger partial charge in [-0.3, -0.25) is 0 Å². The minimum Gasteiger partial charge on any atom is -0.432 e. The van der Waals surface area contributed by atoms with Crippen molar-refractivity contribution < 1.29 is 22.3 Å². The summed E-state index contributed by atoms with van der Waals surface area (Å²) in [4.78, 5) is 0. The monoisotopic (exact) mass is 508 g/mol. The predicted molar refractivity (Wildman–Crippen MR) is 142 cm³/mol. The highest BCUT2D eigenvalue weighted by molar-refractivity contribution is 5.88. The summed E-state index contributed by atoms with van der Waals surface area (Å²) in [6.07, 6.45) is 9.29. The summed E-state index contributed by atoms with van der Waals surface area (Å²) in [6.45, 7) is -0.897. The summed E-state index contributed by atoms with van der Waals surface area (Å²) in [6, 6.07) is 21.3. The van der Waals surface area contributed by atoms with Crippen LogP contribution in [0.4, 0.5) is 17.6 Å². The lowest BCUT2D eigenvalue weighted by Crippen LogP contribution is -2.03. The van der Waals surface area contributed by atoms with Gasteiger partial charge in [-0.05, 0) is 65.5 Å². The molecule has 0 aliphatic heterocycles. The Balaban J connectivity index is 1.40. The molecule has 0 aliphatic carbocycles. The second kappa shape index (κ2) is 12.8. The number of unbranched alkanes of at least 4 members (excludes halogenated alkanes) is 4. The summed E-state index contributed by atoms with van der Waals surface area (Å²) in [7, 11) is 0. The number of benzene rings is 4. The van der Waals surface area contributed by atoms with E-state index < -0.39 is 24.0 Å². The Hall–Kier alpha value is -3.34. The van der Waals surface area contributed by atoms with Crippen LogP contribution in [-0.4, -0.2) is 6.61 Å². The molecule has 5 heteroatoms. The van der Waals surface area contributed by atoms with Gasteiger partial charge in [0.1, 0.15) is 5.82 Å². The molecular formula is C32H32F4O. The second-order valence-corrected chi connectivity index (χ2v) is 9.49. The van der Waals surface area contributed by atoms with E-state index in [1.807, 2.05) is 12.1 Å². The van der Waals surface area contributed by atoms with Crippen molar-refractivity contribution in [3.05, 3.63) is 101 Å². The average Bonchev–Trinajstić information content (AvgIpc) is 2.89. The molecule has 0 unspecified atom stereocenters. The van der Waals surface area contributed by atoms with E-state index in [1.165, 1.54) is 49.3 Å². The SMILES string of the molecule is CCCCCCCc1ccc(CCc2ccc3c(F)c(-c4ccc(OC(F)F)c(F)c4)ccc3c2)cc1. The topological polar surface area (TPSA) is 9.23 Å². The first-order chi connectivity index (χ1) is 17.9. The largest absolute Gasteiger partial charge is 0.432 e. The van der Waals surface area contributed by atoms with Crippen LogP contribution in [0.15, 0.2) is 72.8 Å². The highest BCUT2D eigenvalue weighted by Crippen LogP contribution is 2.32. The lowest BCUT2D eigenvalue weighted by molar-refractivity contribution is -0.0521. The quantitative estimate of drug-likeness (QED) is 0.137. The number of ether oxygens (including phenoxy) is 1. The summed E-state index contributed by atoms with van der Waals surface area (Å²) in [5.41, 5.74) is 4.23. The number of hydrogen-bond donors (Lipinski definition) is 0. The minimum atomic E-state index is -3.13. The molecule has 0 spiro atoms. The van der Waals surface area contributed by atoms with E-state index in [9.17, 15) is 13.2 Å². The van der Waals surface area contributed by atoms with Gasteiger partial charge in [-0.2, -0.15) is 8.78 Å². The fourth-order valence-electron chi connectivity index (χ4n) is 4.67. The fraction of sp³-hybridized carbons (Fsp3) is 0.312. The summed E-state index contributed by atoms with van der Waals surface area (Å²) in [5.74, 6) is -2.01. The van der Waals surface area contributed by atoms with Crippen molar-refractivity contribution in [2.75, 3.05) is 0 Å². The van der Waals surface area contributed by atoms with Crippen molar-refractivity contribution in [3.63, 3.8) is 0 Å². The van der Waals surface area contributed by atoms with Gasteiger partial charge in [0.25, 0.3) is 0 Å². The molecule has 0 saturated carbocycles. The Bertz CT molecular complexity index is 1310. The molecule has 37 heavy (non-hydrogen) atoms. The molecule has 4 aromatic carbocycles. The second-order valence-electron chi connectivity index (χ2n) is 9.49. The van der Waals surface area contributed by atoms with Gasteiger partial charge in [0.15, 0.2) is 11.6 Å². The van der Waals surface area contributed by atoms with E-state index in [1.54, 1.807) is 18.2 Å². The zero-order valence-electron chi connectivity index (χ0n) is 21.1. The lowest BCUT2D eigenvalue weighted by Gasteiger charge is -2.11. The van der Waals surface area contributed by atoms with E-state index in [-0.39, 0.29) is 11.1 Å². The smallest absolute Gasteiger partial charge is 0.387 e. The number of halogens is 4. The Kier molecular flexibility index (Phi) is 9.21. The Morgan fingerprint density at radius 2 is 1.35 bits per heavy atom. The van der Waals surface area contributed by atoms with E-state index in [0.29, 0.717) is 5.39 Å². The van der Waals surface area contributed by atoms with Crippen molar-refractivity contribution in [1.82, 2.24) is 0 Å². The molecule has 0 bridgehead atoms. The van der Waals surface area contributed by atoms with Crippen molar-refractivity contribution in [1.29, 1.82) is 0 Å². The average molecular weight is 509 g/mol. The standard InChI is InChI=1S/C32H32F4O/c1-2-3-4-5-6-7-22-8-10-23(11-9-22)12-13-24-14-17-27-25(20-24)15-18-28(31(27)34)26-16-19-30(29(33)21-26)37-32(35)36/h8-11,14-21,32H,2-7,12-13H2,1H3. The van der Waals surface area contributed by atoms with Crippen LogP contribution in [0, 0.1) is 11.6 Å². The normalized spacial score (nSPS) is 11.4. The maximum Gasteiger partial charge on any atom is 0.387 e. The summed E-state index contributed by atoms with van der Waals surface area (Å²) < 4.78 is 58.4. The highest BCUT2D eigenvalue weighted by Gasteiger charge is 2.14. The molecule has 0 radical (unpaired) electrons. The molecule has 0 saturated heterocycles. The van der Waals surface area contributed by atoms with Crippen LogP contribution in [0.5, 0.6) is 5.75 Å². The zero-order valence-corrected chi connectivity index (χ0v) is 21.1. The van der Waals surface area contributed by atoms with Crippen LogP contribution in [0.2, 0.25) is 0 Å². The Labute approximate surface area is 216 Å². The van der Waals surface area contributed by atoms with Crippen LogP contribution < -0.4 is 4.74 Å². The van der Waals surface area contributed by atoms with E-state index >= 15 is 4.39 Å². The number of alkyl halides is 2. The van der Waals surface area contributed by atoms with Gasteiger partial charge in [-0.15, -0.1) is 0 Å². The van der Waals surface area contributed by atoms with Gasteiger partial charge in [0, 0.05) is 10.9 Å². The first-order valence-electron chi connectivity index (χ1n) is 13.0. The van der Waals surface area contributed by atoms with Crippen LogP contribution in [0.3, 0.4) is 0 Å². The van der Waals surface area contributed by atoms with Gasteiger partial charge >= 0.3 is 6.61 Å². The molecule has 0 atom stereocenters. The third-order valence-electron chi connectivity index (χ3n) is 6.77. The molecule has 4 aromatic rings. The number of fused-ring (bicyclic) bond motifs is 1.